The third kappa shape index (κ3) is 5.55. The molecule has 0 aliphatic rings. The zero-order chi connectivity index (χ0) is 8.41. The summed E-state index contributed by atoms with van der Waals surface area (Å²) in [6.45, 7) is 8.54. The molecule has 0 aliphatic heterocycles. The van der Waals surface area contributed by atoms with E-state index in [1.165, 1.54) is 0 Å². The van der Waals surface area contributed by atoms with Gasteiger partial charge in [0.25, 0.3) is 0 Å². The van der Waals surface area contributed by atoms with E-state index in [4.69, 9.17) is 11.6 Å². The van der Waals surface area contributed by atoms with Gasteiger partial charge in [-0.3, -0.25) is 0 Å². The molecule has 0 saturated heterocycles. The molecule has 0 unspecified atom stereocenters. The molecule has 0 radical (unpaired) electrons. The van der Waals surface area contributed by atoms with Crippen LogP contribution in [0.25, 0.3) is 0 Å². The van der Waals surface area contributed by atoms with Gasteiger partial charge in [-0.05, 0) is 25.7 Å². The first-order chi connectivity index (χ1) is 4.27. The van der Waals surface area contributed by atoms with E-state index in [1.807, 2.05) is 0 Å². The Labute approximate surface area is 77.5 Å². The van der Waals surface area contributed by atoms with E-state index in [0.29, 0.717) is 5.41 Å². The van der Waals surface area contributed by atoms with Crippen LogP contribution >= 0.6 is 27.5 Å². The van der Waals surface area contributed by atoms with E-state index in [-0.39, 0.29) is 4.87 Å². The first-order valence-electron chi connectivity index (χ1n) is 3.52. The van der Waals surface area contributed by atoms with Crippen LogP contribution in [0.1, 0.15) is 34.1 Å². The maximum absolute atomic E-state index is 6.08. The number of hydrogen-bond acceptors (Lipinski definition) is 0. The molecule has 0 bridgehead atoms. The fourth-order valence-electron chi connectivity index (χ4n) is 1.19. The van der Waals surface area contributed by atoms with Crippen molar-refractivity contribution in [3.05, 3.63) is 0 Å². The maximum Gasteiger partial charge on any atom is 0.0396 e. The number of rotatable bonds is 3. The van der Waals surface area contributed by atoms with Crippen LogP contribution < -0.4 is 0 Å². The SMILES string of the molecule is CC(C)(Cl)CC(C)(C)CBr. The standard InChI is InChI=1S/C8H16BrCl/c1-7(2,6-9)5-8(3,4)10/h5-6H2,1-4H3. The Kier molecular flexibility index (Phi) is 3.71. The third-order valence-electron chi connectivity index (χ3n) is 1.26. The lowest BCUT2D eigenvalue weighted by Gasteiger charge is -2.28. The highest BCUT2D eigenvalue weighted by atomic mass is 79.9. The summed E-state index contributed by atoms with van der Waals surface area (Å²) >= 11 is 9.54. The molecule has 10 heavy (non-hydrogen) atoms. The van der Waals surface area contributed by atoms with Gasteiger partial charge in [0, 0.05) is 10.2 Å². The van der Waals surface area contributed by atoms with Gasteiger partial charge in [0.1, 0.15) is 0 Å². The van der Waals surface area contributed by atoms with Crippen molar-refractivity contribution in [3.63, 3.8) is 0 Å². The van der Waals surface area contributed by atoms with Gasteiger partial charge in [0.05, 0.1) is 0 Å². The normalized spacial score (nSPS) is 13.8. The highest BCUT2D eigenvalue weighted by molar-refractivity contribution is 9.09. The monoisotopic (exact) mass is 226 g/mol. The summed E-state index contributed by atoms with van der Waals surface area (Å²) in [6.07, 6.45) is 1.03. The number of hydrogen-bond donors (Lipinski definition) is 0. The Morgan fingerprint density at radius 1 is 1.20 bits per heavy atom. The molecule has 2 heteroatoms. The van der Waals surface area contributed by atoms with Crippen molar-refractivity contribution in [2.75, 3.05) is 5.33 Å². The summed E-state index contributed by atoms with van der Waals surface area (Å²) in [5.41, 5.74) is 0.311. The second-order valence-electron chi connectivity index (χ2n) is 4.19. The minimum absolute atomic E-state index is 0.0722. The molecule has 0 saturated carbocycles. The van der Waals surface area contributed by atoms with Crippen molar-refractivity contribution in [1.29, 1.82) is 0 Å². The van der Waals surface area contributed by atoms with Gasteiger partial charge in [-0.15, -0.1) is 11.6 Å². The Bertz CT molecular complexity index is 102. The van der Waals surface area contributed by atoms with E-state index in [0.717, 1.165) is 11.8 Å². The van der Waals surface area contributed by atoms with Crippen LogP contribution in [0.3, 0.4) is 0 Å². The van der Waals surface area contributed by atoms with Gasteiger partial charge < -0.3 is 0 Å². The molecule has 0 nitrogen and oxygen atoms in total. The van der Waals surface area contributed by atoms with Crippen molar-refractivity contribution in [2.45, 2.75) is 39.0 Å². The van der Waals surface area contributed by atoms with Gasteiger partial charge in [0.2, 0.25) is 0 Å². The molecule has 0 aromatic heterocycles. The summed E-state index contributed by atoms with van der Waals surface area (Å²) < 4.78 is 0. The largest absolute Gasteiger partial charge is 0.120 e. The van der Waals surface area contributed by atoms with Crippen molar-refractivity contribution in [3.8, 4) is 0 Å². The molecular weight excluding hydrogens is 211 g/mol. The third-order valence-corrected chi connectivity index (χ3v) is 2.91. The average molecular weight is 228 g/mol. The van der Waals surface area contributed by atoms with Gasteiger partial charge >= 0.3 is 0 Å². The lowest BCUT2D eigenvalue weighted by atomic mass is 9.86. The molecule has 62 valence electrons. The lowest BCUT2D eigenvalue weighted by molar-refractivity contribution is 0.346. The van der Waals surface area contributed by atoms with E-state index < -0.39 is 0 Å². The minimum Gasteiger partial charge on any atom is -0.120 e. The zero-order valence-corrected chi connectivity index (χ0v) is 9.51. The predicted molar refractivity (Wildman–Crippen MR) is 52.1 cm³/mol. The molecule has 0 aromatic carbocycles. The number of alkyl halides is 2. The Balaban J connectivity index is 3.89. The van der Waals surface area contributed by atoms with Gasteiger partial charge in [0.15, 0.2) is 0 Å². The Morgan fingerprint density at radius 3 is 1.70 bits per heavy atom. The van der Waals surface area contributed by atoms with Crippen LogP contribution in [-0.2, 0) is 0 Å². The quantitative estimate of drug-likeness (QED) is 0.643. The molecule has 0 atom stereocenters. The fourth-order valence-corrected chi connectivity index (χ4v) is 1.75. The lowest BCUT2D eigenvalue weighted by Crippen LogP contribution is -2.24. The minimum atomic E-state index is -0.0722. The summed E-state index contributed by atoms with van der Waals surface area (Å²) in [5, 5.41) is 1.01. The van der Waals surface area contributed by atoms with Crippen LogP contribution in [0.4, 0.5) is 0 Å². The van der Waals surface area contributed by atoms with Crippen molar-refractivity contribution in [1.82, 2.24) is 0 Å². The van der Waals surface area contributed by atoms with Crippen molar-refractivity contribution < 1.29 is 0 Å². The summed E-state index contributed by atoms with van der Waals surface area (Å²) in [5.74, 6) is 0. The zero-order valence-electron chi connectivity index (χ0n) is 7.17. The first kappa shape index (κ1) is 10.8. The second-order valence-corrected chi connectivity index (χ2v) is 5.78. The van der Waals surface area contributed by atoms with E-state index >= 15 is 0 Å². The molecule has 0 rings (SSSR count). The molecular formula is C8H16BrCl. The van der Waals surface area contributed by atoms with Crippen LogP contribution in [0, 0.1) is 5.41 Å². The molecule has 0 heterocycles. The smallest absolute Gasteiger partial charge is 0.0396 e. The van der Waals surface area contributed by atoms with Crippen LogP contribution in [0.2, 0.25) is 0 Å². The van der Waals surface area contributed by atoms with Crippen LogP contribution in [-0.4, -0.2) is 10.2 Å². The van der Waals surface area contributed by atoms with E-state index in [9.17, 15) is 0 Å². The molecule has 0 N–H and O–H groups in total. The van der Waals surface area contributed by atoms with Crippen molar-refractivity contribution in [2.24, 2.45) is 5.41 Å². The van der Waals surface area contributed by atoms with Crippen LogP contribution in [0.15, 0.2) is 0 Å². The topological polar surface area (TPSA) is 0 Å². The molecule has 0 spiro atoms. The van der Waals surface area contributed by atoms with Gasteiger partial charge in [-0.25, -0.2) is 0 Å². The summed E-state index contributed by atoms with van der Waals surface area (Å²) in [7, 11) is 0. The molecule has 0 aromatic rings. The number of halogens is 2. The van der Waals surface area contributed by atoms with E-state index in [1.54, 1.807) is 0 Å². The first-order valence-corrected chi connectivity index (χ1v) is 5.02. The summed E-state index contributed by atoms with van der Waals surface area (Å²) in [4.78, 5) is -0.0722. The predicted octanol–water partition coefficient (Wildman–Crippen LogP) is 3.82. The summed E-state index contributed by atoms with van der Waals surface area (Å²) in [6, 6.07) is 0. The molecule has 0 aliphatic carbocycles. The molecule has 0 fully saturated rings. The molecule has 0 amide bonds. The van der Waals surface area contributed by atoms with Gasteiger partial charge in [-0.1, -0.05) is 29.8 Å². The highest BCUT2D eigenvalue weighted by Gasteiger charge is 2.25. The average Bonchev–Trinajstić information content (AvgIpc) is 1.60. The Hall–Kier alpha value is 0.770. The second kappa shape index (κ2) is 3.44. The highest BCUT2D eigenvalue weighted by Crippen LogP contribution is 2.32. The van der Waals surface area contributed by atoms with E-state index in [2.05, 4.69) is 43.6 Å². The van der Waals surface area contributed by atoms with Gasteiger partial charge in [-0.2, -0.15) is 0 Å². The maximum atomic E-state index is 6.08. The van der Waals surface area contributed by atoms with Crippen LogP contribution in [0.5, 0.6) is 0 Å². The Morgan fingerprint density at radius 2 is 1.60 bits per heavy atom. The fraction of sp³-hybridized carbons (Fsp3) is 1.00. The van der Waals surface area contributed by atoms with Crippen molar-refractivity contribution >= 4 is 27.5 Å².